The Kier molecular flexibility index (Phi) is 3.72. The second kappa shape index (κ2) is 4.62. The molecule has 0 amide bonds. The van der Waals surface area contributed by atoms with E-state index in [0.29, 0.717) is 12.7 Å². The van der Waals surface area contributed by atoms with Gasteiger partial charge in [0.05, 0.1) is 0 Å². The van der Waals surface area contributed by atoms with Gasteiger partial charge in [0.15, 0.2) is 6.29 Å². The van der Waals surface area contributed by atoms with E-state index in [1.165, 1.54) is 11.8 Å². The molecule has 0 spiro atoms. The zero-order chi connectivity index (χ0) is 10.6. The van der Waals surface area contributed by atoms with Crippen LogP contribution in [-0.4, -0.2) is 23.2 Å². The van der Waals surface area contributed by atoms with Gasteiger partial charge >= 0.3 is 0 Å². The molecule has 0 aliphatic heterocycles. The number of thioether (sulfide) groups is 1. The number of aldehydes is 1. The molecule has 1 rings (SSSR count). The van der Waals surface area contributed by atoms with Crippen LogP contribution in [-0.2, 0) is 11.2 Å². The molecule has 1 aromatic rings. The molecule has 0 heterocycles. The zero-order valence-corrected chi connectivity index (χ0v) is 9.17. The van der Waals surface area contributed by atoms with Gasteiger partial charge in [0.25, 0.3) is 0 Å². The minimum atomic E-state index is -1.25. The highest BCUT2D eigenvalue weighted by Gasteiger charge is 2.19. The van der Waals surface area contributed by atoms with Gasteiger partial charge in [-0.2, -0.15) is 0 Å². The highest BCUT2D eigenvalue weighted by Crippen LogP contribution is 2.17. The Bertz CT molecular complexity index is 304. The van der Waals surface area contributed by atoms with E-state index in [9.17, 15) is 9.90 Å². The van der Waals surface area contributed by atoms with Gasteiger partial charge in [0, 0.05) is 11.3 Å². The molecule has 0 radical (unpaired) electrons. The van der Waals surface area contributed by atoms with Crippen molar-refractivity contribution in [1.82, 2.24) is 0 Å². The van der Waals surface area contributed by atoms with Crippen molar-refractivity contribution in [2.24, 2.45) is 0 Å². The first-order valence-electron chi connectivity index (χ1n) is 4.39. The van der Waals surface area contributed by atoms with E-state index < -0.39 is 5.60 Å². The number of rotatable bonds is 4. The van der Waals surface area contributed by atoms with Crippen LogP contribution < -0.4 is 0 Å². The molecule has 0 aliphatic rings. The van der Waals surface area contributed by atoms with Crippen molar-refractivity contribution in [3.05, 3.63) is 29.8 Å². The first-order valence-corrected chi connectivity index (χ1v) is 5.61. The standard InChI is InChI=1S/C11H14O2S/c1-11(13,8-12)7-9-3-5-10(14-2)6-4-9/h3-6,8,13H,7H2,1-2H3. The summed E-state index contributed by atoms with van der Waals surface area (Å²) in [6, 6.07) is 7.84. The Morgan fingerprint density at radius 2 is 2.00 bits per heavy atom. The van der Waals surface area contributed by atoms with Crippen molar-refractivity contribution in [2.75, 3.05) is 6.26 Å². The summed E-state index contributed by atoms with van der Waals surface area (Å²) in [5.41, 5.74) is -0.277. The van der Waals surface area contributed by atoms with Gasteiger partial charge in [0.1, 0.15) is 5.60 Å². The van der Waals surface area contributed by atoms with Crippen LogP contribution in [0.15, 0.2) is 29.2 Å². The van der Waals surface area contributed by atoms with Crippen LogP contribution in [0.5, 0.6) is 0 Å². The lowest BCUT2D eigenvalue weighted by atomic mass is 9.98. The summed E-state index contributed by atoms with van der Waals surface area (Å²) in [4.78, 5) is 11.7. The van der Waals surface area contributed by atoms with Crippen molar-refractivity contribution in [3.63, 3.8) is 0 Å². The maximum absolute atomic E-state index is 10.5. The Labute approximate surface area is 88.3 Å². The lowest BCUT2D eigenvalue weighted by Crippen LogP contribution is -2.28. The lowest BCUT2D eigenvalue weighted by molar-refractivity contribution is -0.122. The second-order valence-electron chi connectivity index (χ2n) is 3.50. The van der Waals surface area contributed by atoms with Crippen LogP contribution in [0.4, 0.5) is 0 Å². The van der Waals surface area contributed by atoms with Crippen LogP contribution >= 0.6 is 11.8 Å². The SMILES string of the molecule is CSc1ccc(CC(C)(O)C=O)cc1. The summed E-state index contributed by atoms with van der Waals surface area (Å²) < 4.78 is 0. The van der Waals surface area contributed by atoms with Crippen molar-refractivity contribution in [1.29, 1.82) is 0 Å². The molecular weight excluding hydrogens is 196 g/mol. The third kappa shape index (κ3) is 3.16. The maximum atomic E-state index is 10.5. The number of carbonyl (C=O) groups excluding carboxylic acids is 1. The quantitative estimate of drug-likeness (QED) is 0.609. The number of hydrogen-bond acceptors (Lipinski definition) is 3. The summed E-state index contributed by atoms with van der Waals surface area (Å²) in [6.07, 6.45) is 2.96. The smallest absolute Gasteiger partial charge is 0.151 e. The van der Waals surface area contributed by atoms with Crippen molar-refractivity contribution >= 4 is 18.0 Å². The summed E-state index contributed by atoms with van der Waals surface area (Å²) >= 11 is 1.67. The van der Waals surface area contributed by atoms with E-state index in [-0.39, 0.29) is 0 Å². The summed E-state index contributed by atoms with van der Waals surface area (Å²) in [7, 11) is 0. The zero-order valence-electron chi connectivity index (χ0n) is 8.36. The minimum Gasteiger partial charge on any atom is -0.382 e. The molecule has 0 saturated heterocycles. The van der Waals surface area contributed by atoms with Gasteiger partial charge < -0.3 is 9.90 Å². The third-order valence-corrected chi connectivity index (χ3v) is 2.72. The van der Waals surface area contributed by atoms with Crippen molar-refractivity contribution in [2.45, 2.75) is 23.8 Å². The summed E-state index contributed by atoms with van der Waals surface area (Å²) in [6.45, 7) is 1.52. The van der Waals surface area contributed by atoms with Crippen LogP contribution in [0.1, 0.15) is 12.5 Å². The molecule has 1 aromatic carbocycles. The minimum absolute atomic E-state index is 0.366. The summed E-state index contributed by atoms with van der Waals surface area (Å²) in [5, 5.41) is 9.53. The summed E-state index contributed by atoms with van der Waals surface area (Å²) in [5.74, 6) is 0. The van der Waals surface area contributed by atoms with Gasteiger partial charge in [-0.25, -0.2) is 0 Å². The molecule has 0 aromatic heterocycles. The predicted octanol–water partition coefficient (Wildman–Crippen LogP) is 1.90. The Morgan fingerprint density at radius 3 is 2.43 bits per heavy atom. The second-order valence-corrected chi connectivity index (χ2v) is 4.38. The number of hydrogen-bond donors (Lipinski definition) is 1. The largest absolute Gasteiger partial charge is 0.382 e. The Balaban J connectivity index is 2.73. The average Bonchev–Trinajstić information content (AvgIpc) is 2.19. The monoisotopic (exact) mass is 210 g/mol. The normalized spacial score (nSPS) is 14.8. The number of benzene rings is 1. The molecule has 14 heavy (non-hydrogen) atoms. The van der Waals surface area contributed by atoms with E-state index in [0.717, 1.165) is 5.56 Å². The van der Waals surface area contributed by atoms with Crippen LogP contribution in [0.25, 0.3) is 0 Å². The van der Waals surface area contributed by atoms with Crippen LogP contribution in [0, 0.1) is 0 Å². The van der Waals surface area contributed by atoms with Gasteiger partial charge in [0.2, 0.25) is 0 Å². The fraction of sp³-hybridized carbons (Fsp3) is 0.364. The first kappa shape index (κ1) is 11.3. The fourth-order valence-corrected chi connectivity index (χ4v) is 1.61. The first-order chi connectivity index (χ1) is 6.57. The Morgan fingerprint density at radius 1 is 1.43 bits per heavy atom. The van der Waals surface area contributed by atoms with Crippen LogP contribution in [0.3, 0.4) is 0 Å². The fourth-order valence-electron chi connectivity index (χ4n) is 1.20. The van der Waals surface area contributed by atoms with Gasteiger partial charge in [-0.3, -0.25) is 0 Å². The highest BCUT2D eigenvalue weighted by atomic mass is 32.2. The topological polar surface area (TPSA) is 37.3 Å². The molecular formula is C11H14O2S. The van der Waals surface area contributed by atoms with Gasteiger partial charge in [-0.15, -0.1) is 11.8 Å². The maximum Gasteiger partial charge on any atom is 0.151 e. The van der Waals surface area contributed by atoms with Crippen molar-refractivity contribution in [3.8, 4) is 0 Å². The van der Waals surface area contributed by atoms with Gasteiger partial charge in [-0.1, -0.05) is 12.1 Å². The number of aliphatic hydroxyl groups is 1. The molecule has 1 N–H and O–H groups in total. The Hall–Kier alpha value is -0.800. The molecule has 0 bridgehead atoms. The van der Waals surface area contributed by atoms with Crippen molar-refractivity contribution < 1.29 is 9.90 Å². The van der Waals surface area contributed by atoms with E-state index in [4.69, 9.17) is 0 Å². The molecule has 0 saturated carbocycles. The average molecular weight is 210 g/mol. The van der Waals surface area contributed by atoms with Gasteiger partial charge in [-0.05, 0) is 30.9 Å². The number of carbonyl (C=O) groups is 1. The van der Waals surface area contributed by atoms with E-state index in [1.807, 2.05) is 30.5 Å². The van der Waals surface area contributed by atoms with E-state index in [2.05, 4.69) is 0 Å². The molecule has 3 heteroatoms. The lowest BCUT2D eigenvalue weighted by Gasteiger charge is -2.15. The predicted molar refractivity (Wildman–Crippen MR) is 58.6 cm³/mol. The van der Waals surface area contributed by atoms with E-state index in [1.54, 1.807) is 11.8 Å². The molecule has 2 nitrogen and oxygen atoms in total. The van der Waals surface area contributed by atoms with Crippen LogP contribution in [0.2, 0.25) is 0 Å². The van der Waals surface area contributed by atoms with E-state index >= 15 is 0 Å². The molecule has 1 atom stereocenters. The molecule has 76 valence electrons. The molecule has 0 fully saturated rings. The molecule has 0 aliphatic carbocycles. The molecule has 1 unspecified atom stereocenters. The third-order valence-electron chi connectivity index (χ3n) is 1.97. The highest BCUT2D eigenvalue weighted by molar-refractivity contribution is 7.98.